The third-order valence-corrected chi connectivity index (χ3v) is 3.73. The number of amides is 2. The van der Waals surface area contributed by atoms with Gasteiger partial charge in [-0.1, -0.05) is 17.2 Å². The summed E-state index contributed by atoms with van der Waals surface area (Å²) in [6.07, 6.45) is 0. The highest BCUT2D eigenvalue weighted by molar-refractivity contribution is 6.19. The van der Waals surface area contributed by atoms with Crippen molar-refractivity contribution >= 4 is 33.3 Å². The first kappa shape index (κ1) is 15.3. The Morgan fingerprint density at radius 2 is 1.62 bits per heavy atom. The molecule has 0 aliphatic heterocycles. The summed E-state index contributed by atoms with van der Waals surface area (Å²) in [5.74, 6) is 4.03. The van der Waals surface area contributed by atoms with Crippen molar-refractivity contribution in [2.75, 3.05) is 5.01 Å². The summed E-state index contributed by atoms with van der Waals surface area (Å²) in [4.78, 5) is 11.6. The molecule has 0 unspecified atom stereocenters. The molecule has 0 radical (unpaired) electrons. The molecule has 9 heteroatoms. The third kappa shape index (κ3) is 1.96. The van der Waals surface area contributed by atoms with Gasteiger partial charge in [0.1, 0.15) is 23.0 Å². The second-order valence-electron chi connectivity index (χ2n) is 5.02. The zero-order valence-corrected chi connectivity index (χ0v) is 12.1. The average Bonchev–Trinajstić information content (AvgIpc) is 2.57. The van der Waals surface area contributed by atoms with Crippen LogP contribution in [-0.4, -0.2) is 26.5 Å². The number of nitrogens with zero attached hydrogens (tertiary/aromatic N) is 2. The van der Waals surface area contributed by atoms with E-state index in [0.29, 0.717) is 5.01 Å². The molecule has 3 rings (SSSR count). The van der Waals surface area contributed by atoms with Crippen molar-refractivity contribution in [2.45, 2.75) is 0 Å². The van der Waals surface area contributed by atoms with E-state index in [-0.39, 0.29) is 38.7 Å². The summed E-state index contributed by atoms with van der Waals surface area (Å²) >= 11 is 0. The number of hydrogen-bond donors (Lipinski definition) is 6. The molecule has 7 N–H and O–H groups in total. The van der Waals surface area contributed by atoms with Gasteiger partial charge in [-0.05, 0) is 18.2 Å². The molecule has 0 fully saturated rings. The molecule has 0 aromatic heterocycles. The van der Waals surface area contributed by atoms with Crippen LogP contribution in [0.4, 0.5) is 10.5 Å². The molecule has 0 aliphatic carbocycles. The summed E-state index contributed by atoms with van der Waals surface area (Å²) in [6.45, 7) is 0. The number of benzene rings is 3. The Morgan fingerprint density at radius 1 is 0.958 bits per heavy atom. The zero-order chi connectivity index (χ0) is 17.6. The molecular weight excluding hydrogens is 316 g/mol. The van der Waals surface area contributed by atoms with E-state index >= 15 is 0 Å². The Hall–Kier alpha value is -3.59. The minimum absolute atomic E-state index is 0.0713. The van der Waals surface area contributed by atoms with Crippen molar-refractivity contribution in [1.82, 2.24) is 0 Å². The quantitative estimate of drug-likeness (QED) is 0.100. The molecule has 3 aromatic rings. The predicted molar refractivity (Wildman–Crippen MR) is 85.3 cm³/mol. The molecule has 122 valence electrons. The summed E-state index contributed by atoms with van der Waals surface area (Å²) in [5.41, 5.74) is 6.64. The van der Waals surface area contributed by atoms with Gasteiger partial charge in [-0.2, -0.15) is 5.53 Å². The van der Waals surface area contributed by atoms with E-state index in [4.69, 9.17) is 11.4 Å². The smallest absolute Gasteiger partial charge is 0.380 e. The minimum Gasteiger partial charge on any atom is -0.507 e. The number of carbonyl (C=O) groups excluding carboxylic acids is 1. The van der Waals surface area contributed by atoms with E-state index in [9.17, 15) is 25.2 Å². The number of nitrogens with one attached hydrogen (secondary N) is 1. The van der Waals surface area contributed by atoms with Gasteiger partial charge >= 0.3 is 6.03 Å². The van der Waals surface area contributed by atoms with Crippen molar-refractivity contribution in [3.8, 4) is 23.0 Å². The van der Waals surface area contributed by atoms with Crippen LogP contribution in [0.1, 0.15) is 0 Å². The van der Waals surface area contributed by atoms with E-state index in [2.05, 4.69) is 5.11 Å². The summed E-state index contributed by atoms with van der Waals surface area (Å²) in [7, 11) is 0. The molecule has 0 spiro atoms. The van der Waals surface area contributed by atoms with E-state index < -0.39 is 17.5 Å². The highest BCUT2D eigenvalue weighted by Crippen LogP contribution is 2.50. The Bertz CT molecular complexity index is 1020. The van der Waals surface area contributed by atoms with Crippen molar-refractivity contribution in [3.05, 3.63) is 30.3 Å². The van der Waals surface area contributed by atoms with Crippen molar-refractivity contribution in [3.63, 3.8) is 0 Å². The van der Waals surface area contributed by atoms with Crippen molar-refractivity contribution in [2.24, 2.45) is 11.0 Å². The first-order valence-electron chi connectivity index (χ1n) is 6.66. The molecule has 9 nitrogen and oxygen atoms in total. The number of fused-ring (bicyclic) bond motifs is 2. The maximum absolute atomic E-state index is 11.6. The van der Waals surface area contributed by atoms with Crippen LogP contribution in [0.15, 0.2) is 35.4 Å². The number of nitrogens with two attached hydrogens (primary N) is 1. The topological polar surface area (TPSA) is 163 Å². The third-order valence-electron chi connectivity index (χ3n) is 3.73. The zero-order valence-electron chi connectivity index (χ0n) is 12.1. The van der Waals surface area contributed by atoms with Crippen LogP contribution in [-0.2, 0) is 0 Å². The number of hydrazine groups is 1. The van der Waals surface area contributed by atoms with Gasteiger partial charge in [0.2, 0.25) is 0 Å². The lowest BCUT2D eigenvalue weighted by Gasteiger charge is -2.19. The van der Waals surface area contributed by atoms with Crippen LogP contribution >= 0.6 is 0 Å². The van der Waals surface area contributed by atoms with E-state index in [1.807, 2.05) is 0 Å². The maximum Gasteiger partial charge on any atom is 0.380 e. The number of rotatable bonds is 1. The Morgan fingerprint density at radius 3 is 2.29 bits per heavy atom. The van der Waals surface area contributed by atoms with Crippen LogP contribution in [0.2, 0.25) is 0 Å². The summed E-state index contributed by atoms with van der Waals surface area (Å²) in [5, 5.41) is 44.0. The number of urea groups is 1. The van der Waals surface area contributed by atoms with Crippen LogP contribution in [0.5, 0.6) is 23.0 Å². The van der Waals surface area contributed by atoms with Crippen LogP contribution < -0.4 is 10.9 Å². The first-order chi connectivity index (χ1) is 11.4. The van der Waals surface area contributed by atoms with E-state index in [1.54, 1.807) is 0 Å². The molecular formula is C15H12N4O5. The van der Waals surface area contributed by atoms with Crippen molar-refractivity contribution in [1.29, 1.82) is 5.53 Å². The van der Waals surface area contributed by atoms with Gasteiger partial charge in [0, 0.05) is 5.39 Å². The Labute approximate surface area is 134 Å². The number of carbonyl (C=O) groups is 1. The molecule has 0 saturated heterocycles. The molecule has 24 heavy (non-hydrogen) atoms. The normalized spacial score (nSPS) is 10.9. The van der Waals surface area contributed by atoms with Gasteiger partial charge < -0.3 is 20.4 Å². The first-order valence-corrected chi connectivity index (χ1v) is 6.66. The van der Waals surface area contributed by atoms with E-state index in [1.165, 1.54) is 30.3 Å². The van der Waals surface area contributed by atoms with E-state index in [0.717, 1.165) is 0 Å². The Balaban J connectivity index is 2.57. The molecule has 0 saturated carbocycles. The fourth-order valence-electron chi connectivity index (χ4n) is 2.66. The highest BCUT2D eigenvalue weighted by Gasteiger charge is 2.24. The number of phenolic OH excluding ortho intramolecular Hbond substituents is 4. The monoisotopic (exact) mass is 328 g/mol. The highest BCUT2D eigenvalue weighted by atomic mass is 16.3. The Kier molecular flexibility index (Phi) is 3.35. The number of hydrogen-bond acceptors (Lipinski definition) is 7. The van der Waals surface area contributed by atoms with Crippen molar-refractivity contribution < 1.29 is 25.2 Å². The van der Waals surface area contributed by atoms with Gasteiger partial charge in [0.25, 0.3) is 0 Å². The van der Waals surface area contributed by atoms with Gasteiger partial charge in [-0.25, -0.2) is 15.6 Å². The second-order valence-corrected chi connectivity index (χ2v) is 5.02. The SMILES string of the molecule is N=NC(=O)N(N)c1ccc(O)c2c(O)c3cccc(O)c3c(O)c12. The lowest BCUT2D eigenvalue weighted by molar-refractivity contribution is 0.252. The van der Waals surface area contributed by atoms with Gasteiger partial charge in [-0.3, -0.25) is 0 Å². The summed E-state index contributed by atoms with van der Waals surface area (Å²) < 4.78 is 0. The fourth-order valence-corrected chi connectivity index (χ4v) is 2.66. The fraction of sp³-hybridized carbons (Fsp3) is 0. The molecule has 0 aliphatic rings. The second kappa shape index (κ2) is 5.25. The molecule has 3 aromatic carbocycles. The predicted octanol–water partition coefficient (Wildman–Crippen LogP) is 2.65. The molecule has 0 heterocycles. The van der Waals surface area contributed by atoms with Crippen LogP contribution in [0.25, 0.3) is 21.5 Å². The number of aromatic hydroxyl groups is 4. The average molecular weight is 328 g/mol. The standard InChI is InChI=1S/C15H12N4O5/c16-18-15(24)19(17)7-4-5-9(21)12-11(7)14(23)10-6(13(12)22)2-1-3-8(10)20/h1-5,16,20-23H,17H2. The largest absolute Gasteiger partial charge is 0.507 e. The lowest BCUT2D eigenvalue weighted by atomic mass is 9.98. The van der Waals surface area contributed by atoms with Gasteiger partial charge in [0.05, 0.1) is 21.8 Å². The molecule has 0 atom stereocenters. The molecule has 0 bridgehead atoms. The lowest BCUT2D eigenvalue weighted by Crippen LogP contribution is -2.35. The molecule has 2 amide bonds. The maximum atomic E-state index is 11.6. The van der Waals surface area contributed by atoms with Crippen LogP contribution in [0.3, 0.4) is 0 Å². The van der Waals surface area contributed by atoms with Crippen LogP contribution in [0, 0.1) is 5.53 Å². The van der Waals surface area contributed by atoms with Gasteiger partial charge in [-0.15, -0.1) is 0 Å². The van der Waals surface area contributed by atoms with Gasteiger partial charge in [0.15, 0.2) is 0 Å². The number of anilines is 1. The summed E-state index contributed by atoms with van der Waals surface area (Å²) in [6, 6.07) is 5.47. The number of phenols is 4. The minimum atomic E-state index is -1.13.